The van der Waals surface area contributed by atoms with Crippen molar-refractivity contribution in [2.75, 3.05) is 4.90 Å². The fourth-order valence-corrected chi connectivity index (χ4v) is 9.26. The van der Waals surface area contributed by atoms with E-state index in [1.807, 2.05) is 0 Å². The van der Waals surface area contributed by atoms with Crippen LogP contribution in [0.15, 0.2) is 198 Å². The van der Waals surface area contributed by atoms with E-state index in [-0.39, 0.29) is 0 Å². The van der Waals surface area contributed by atoms with Crippen LogP contribution < -0.4 is 4.90 Å². The number of hydrogen-bond acceptors (Lipinski definition) is 2. The molecule has 0 radical (unpaired) electrons. The van der Waals surface area contributed by atoms with Gasteiger partial charge < -0.3 is 4.90 Å². The van der Waals surface area contributed by atoms with E-state index in [2.05, 4.69) is 223 Å². The van der Waals surface area contributed by atoms with Crippen LogP contribution in [0.3, 0.4) is 0 Å². The van der Waals surface area contributed by atoms with Crippen LogP contribution in [0.1, 0.15) is 40.3 Å². The molecule has 3 heteroatoms. The summed E-state index contributed by atoms with van der Waals surface area (Å²) >= 11 is 3.92. The summed E-state index contributed by atoms with van der Waals surface area (Å²) in [4.78, 5) is 7.60. The highest BCUT2D eigenvalue weighted by molar-refractivity contribution is 9.10. The Hall–Kier alpha value is -6.29. The smallest absolute Gasteiger partial charge is 0.0754 e. The minimum Gasteiger partial charge on any atom is -0.310 e. The molecule has 55 heavy (non-hydrogen) atoms. The molecule has 0 N–H and O–H groups in total. The van der Waals surface area contributed by atoms with E-state index in [0.29, 0.717) is 0 Å². The highest BCUT2D eigenvalue weighted by Crippen LogP contribution is 2.64. The molecule has 0 atom stereocenters. The highest BCUT2D eigenvalue weighted by Gasteiger charge is 2.51. The number of aryl methyl sites for hydroxylation is 1. The minimum atomic E-state index is -0.551. The molecule has 8 aromatic carbocycles. The molecule has 262 valence electrons. The number of benzene rings is 8. The number of halogens is 1. The van der Waals surface area contributed by atoms with Crippen LogP contribution in [0, 0.1) is 6.92 Å². The third-order valence-electron chi connectivity index (χ3n) is 11.4. The lowest BCUT2D eigenvalue weighted by Crippen LogP contribution is -2.36. The van der Waals surface area contributed by atoms with Crippen molar-refractivity contribution in [1.82, 2.24) is 0 Å². The molecule has 10 rings (SSSR count). The van der Waals surface area contributed by atoms with Gasteiger partial charge in [0, 0.05) is 15.9 Å². The van der Waals surface area contributed by atoms with Gasteiger partial charge in [-0.2, -0.15) is 0 Å². The van der Waals surface area contributed by atoms with Gasteiger partial charge in [-0.15, -0.1) is 0 Å². The molecule has 2 nitrogen and oxygen atoms in total. The number of fused-ring (bicyclic) bond motifs is 9. The summed E-state index contributed by atoms with van der Waals surface area (Å²) in [5.41, 5.74) is 19.5. The predicted octanol–water partition coefficient (Wildman–Crippen LogP) is 14.4. The first-order valence-electron chi connectivity index (χ1n) is 18.8. The number of aliphatic imine (C=N–C) groups is 1. The van der Waals surface area contributed by atoms with Gasteiger partial charge in [0.15, 0.2) is 0 Å². The first-order valence-corrected chi connectivity index (χ1v) is 19.6. The quantitative estimate of drug-likeness (QED) is 0.159. The molecule has 0 fully saturated rings. The van der Waals surface area contributed by atoms with Crippen molar-refractivity contribution in [2.45, 2.75) is 19.3 Å². The van der Waals surface area contributed by atoms with Crippen molar-refractivity contribution in [3.63, 3.8) is 0 Å². The van der Waals surface area contributed by atoms with Gasteiger partial charge in [-0.3, -0.25) is 4.99 Å². The Morgan fingerprint density at radius 1 is 0.491 bits per heavy atom. The van der Waals surface area contributed by atoms with Crippen molar-refractivity contribution < 1.29 is 0 Å². The lowest BCUT2D eigenvalue weighted by molar-refractivity contribution is 0.752. The average Bonchev–Trinajstić information content (AvgIpc) is 3.53. The van der Waals surface area contributed by atoms with Crippen LogP contribution in [-0.2, 0) is 5.41 Å². The molecular weight excluding hydrogens is 732 g/mol. The van der Waals surface area contributed by atoms with Gasteiger partial charge in [-0.25, -0.2) is 0 Å². The van der Waals surface area contributed by atoms with Gasteiger partial charge in [0.1, 0.15) is 0 Å². The SMILES string of the molecule is CC(=Nc1ccccc1C)c1cc(-c2ccccc2)cc(-c2ccc3c(c2)C2(c4ccccc4-c4ccccc42)c2cc(Br)ccc2N3c2ccccc2)c1. The molecule has 2 aliphatic rings. The topological polar surface area (TPSA) is 15.6 Å². The first kappa shape index (κ1) is 33.3. The maximum absolute atomic E-state index is 5.16. The normalized spacial score (nSPS) is 13.6. The van der Waals surface area contributed by atoms with E-state index in [1.165, 1.54) is 50.3 Å². The molecule has 0 saturated heterocycles. The third kappa shape index (κ3) is 5.33. The van der Waals surface area contributed by atoms with Crippen LogP contribution in [0.4, 0.5) is 22.7 Å². The molecule has 8 aromatic rings. The zero-order valence-electron chi connectivity index (χ0n) is 30.7. The standard InChI is InChI=1S/C52H37BrN2/c1-34-15-9-14-24-49(34)54-35(2)38-29-39(36-16-5-3-6-17-36)31-40(30-38)37-25-27-50-47(32-37)52(45-22-12-10-20-43(45)44-21-11-13-23-46(44)52)48-33-41(53)26-28-51(48)55(50)42-18-7-4-8-19-42/h3-33H,1-2H3. The van der Waals surface area contributed by atoms with Crippen LogP contribution in [0.2, 0.25) is 0 Å². The number of anilines is 3. The lowest BCUT2D eigenvalue weighted by atomic mass is 9.64. The first-order chi connectivity index (χ1) is 27.0. The molecular formula is C52H37BrN2. The predicted molar refractivity (Wildman–Crippen MR) is 234 cm³/mol. The molecule has 1 aliphatic heterocycles. The van der Waals surface area contributed by atoms with Gasteiger partial charge in [0.25, 0.3) is 0 Å². The van der Waals surface area contributed by atoms with Gasteiger partial charge in [0.2, 0.25) is 0 Å². The summed E-state index contributed by atoms with van der Waals surface area (Å²) < 4.78 is 1.06. The summed E-state index contributed by atoms with van der Waals surface area (Å²) in [5, 5.41) is 0. The van der Waals surface area contributed by atoms with Crippen molar-refractivity contribution in [3.05, 3.63) is 226 Å². The summed E-state index contributed by atoms with van der Waals surface area (Å²) in [6.07, 6.45) is 0. The van der Waals surface area contributed by atoms with E-state index >= 15 is 0 Å². The second-order valence-corrected chi connectivity index (χ2v) is 15.5. The minimum absolute atomic E-state index is 0.551. The Kier molecular flexibility index (Phi) is 8.01. The Labute approximate surface area is 331 Å². The summed E-state index contributed by atoms with van der Waals surface area (Å²) in [5.74, 6) is 0. The van der Waals surface area contributed by atoms with Crippen molar-refractivity contribution in [3.8, 4) is 33.4 Å². The molecule has 1 aliphatic carbocycles. The number of hydrogen-bond donors (Lipinski definition) is 0. The number of rotatable bonds is 5. The molecule has 0 unspecified atom stereocenters. The Balaban J connectivity index is 1.27. The van der Waals surface area contributed by atoms with E-state index in [4.69, 9.17) is 4.99 Å². The molecule has 0 amide bonds. The van der Waals surface area contributed by atoms with Crippen LogP contribution in [0.25, 0.3) is 33.4 Å². The number of nitrogens with zero attached hydrogens (tertiary/aromatic N) is 2. The van der Waals surface area contributed by atoms with E-state index < -0.39 is 5.41 Å². The summed E-state index contributed by atoms with van der Waals surface area (Å²) in [7, 11) is 0. The lowest BCUT2D eigenvalue weighted by Gasteiger charge is -2.45. The zero-order valence-corrected chi connectivity index (χ0v) is 32.3. The maximum Gasteiger partial charge on any atom is 0.0754 e. The van der Waals surface area contributed by atoms with Crippen LogP contribution in [-0.4, -0.2) is 5.71 Å². The van der Waals surface area contributed by atoms with Crippen LogP contribution in [0.5, 0.6) is 0 Å². The van der Waals surface area contributed by atoms with E-state index in [0.717, 1.165) is 49.4 Å². The Bertz CT molecular complexity index is 2760. The Morgan fingerprint density at radius 3 is 1.75 bits per heavy atom. The second kappa shape index (κ2) is 13.2. The molecule has 0 bridgehead atoms. The second-order valence-electron chi connectivity index (χ2n) is 14.6. The van der Waals surface area contributed by atoms with Crippen molar-refractivity contribution in [1.29, 1.82) is 0 Å². The molecule has 0 saturated carbocycles. The van der Waals surface area contributed by atoms with E-state index in [9.17, 15) is 0 Å². The van der Waals surface area contributed by atoms with E-state index in [1.54, 1.807) is 0 Å². The largest absolute Gasteiger partial charge is 0.310 e. The molecule has 1 spiro atoms. The molecule has 0 aromatic heterocycles. The van der Waals surface area contributed by atoms with Gasteiger partial charge in [-0.05, 0) is 147 Å². The monoisotopic (exact) mass is 768 g/mol. The highest BCUT2D eigenvalue weighted by atomic mass is 79.9. The fraction of sp³-hybridized carbons (Fsp3) is 0.0577. The zero-order chi connectivity index (χ0) is 37.1. The summed E-state index contributed by atoms with van der Waals surface area (Å²) in [6.45, 7) is 4.25. The Morgan fingerprint density at radius 2 is 1.05 bits per heavy atom. The van der Waals surface area contributed by atoms with Gasteiger partial charge >= 0.3 is 0 Å². The third-order valence-corrected chi connectivity index (χ3v) is 11.9. The van der Waals surface area contributed by atoms with Crippen molar-refractivity contribution >= 4 is 44.4 Å². The fourth-order valence-electron chi connectivity index (χ4n) is 8.89. The molecule has 1 heterocycles. The number of para-hydroxylation sites is 2. The van der Waals surface area contributed by atoms with Crippen LogP contribution >= 0.6 is 15.9 Å². The maximum atomic E-state index is 5.16. The van der Waals surface area contributed by atoms with Crippen molar-refractivity contribution in [2.24, 2.45) is 4.99 Å². The van der Waals surface area contributed by atoms with Gasteiger partial charge in [-0.1, -0.05) is 137 Å². The average molecular weight is 770 g/mol. The summed E-state index contributed by atoms with van der Waals surface area (Å²) in [6, 6.07) is 68.7. The van der Waals surface area contributed by atoms with Gasteiger partial charge in [0.05, 0.1) is 22.5 Å².